The number of nitrogens with one attached hydrogen (secondary N) is 2. The van der Waals surface area contributed by atoms with Gasteiger partial charge in [0.05, 0.1) is 53.9 Å². The fourth-order valence-corrected chi connectivity index (χ4v) is 5.26. The molecule has 1 amide bonds. The van der Waals surface area contributed by atoms with Gasteiger partial charge in [0.15, 0.2) is 5.84 Å². The summed E-state index contributed by atoms with van der Waals surface area (Å²) in [5.41, 5.74) is 10.3. The van der Waals surface area contributed by atoms with Gasteiger partial charge in [0.2, 0.25) is 5.91 Å². The number of likely N-dealkylation sites (N-methyl/N-ethyl adjacent to an activating group) is 1. The predicted octanol–water partition coefficient (Wildman–Crippen LogP) is 4.96. The maximum Gasteiger partial charge on any atom is 0.247 e. The Kier molecular flexibility index (Phi) is 9.19. The number of aliphatic imine (C=N–C) groups is 2. The summed E-state index contributed by atoms with van der Waals surface area (Å²) in [7, 11) is 5.12. The van der Waals surface area contributed by atoms with Crippen LogP contribution in [0.5, 0.6) is 11.5 Å². The number of methoxy groups -OCH3 is 2. The minimum absolute atomic E-state index is 0.0677. The number of carbonyl (C=O) groups excluding carboxylic acids is 1. The van der Waals surface area contributed by atoms with Crippen LogP contribution in [0, 0.1) is 0 Å². The zero-order chi connectivity index (χ0) is 29.0. The van der Waals surface area contributed by atoms with E-state index in [0.717, 1.165) is 25.1 Å². The summed E-state index contributed by atoms with van der Waals surface area (Å²) in [6.45, 7) is 9.76. The van der Waals surface area contributed by atoms with Crippen LogP contribution in [-0.2, 0) is 11.3 Å². The first-order valence-electron chi connectivity index (χ1n) is 12.6. The van der Waals surface area contributed by atoms with Crippen molar-refractivity contribution < 1.29 is 14.3 Å². The molecule has 0 aromatic heterocycles. The third-order valence-electron chi connectivity index (χ3n) is 6.67. The van der Waals surface area contributed by atoms with Gasteiger partial charge in [-0.2, -0.15) is 0 Å². The number of halogens is 2. The van der Waals surface area contributed by atoms with Gasteiger partial charge in [-0.1, -0.05) is 48.5 Å². The summed E-state index contributed by atoms with van der Waals surface area (Å²) in [5.74, 6) is 1.03. The monoisotopic (exact) mass is 582 g/mol. The van der Waals surface area contributed by atoms with Crippen molar-refractivity contribution in [2.24, 2.45) is 9.98 Å². The van der Waals surface area contributed by atoms with Gasteiger partial charge in [-0.25, -0.2) is 0 Å². The van der Waals surface area contributed by atoms with E-state index in [9.17, 15) is 4.79 Å². The predicted molar refractivity (Wildman–Crippen MR) is 164 cm³/mol. The summed E-state index contributed by atoms with van der Waals surface area (Å²) < 4.78 is 10.9. The number of amides is 1. The molecule has 0 saturated carbocycles. The highest BCUT2D eigenvalue weighted by atomic mass is 35.5. The van der Waals surface area contributed by atoms with Gasteiger partial charge in [-0.3, -0.25) is 14.8 Å². The molecule has 4 rings (SSSR count). The maximum absolute atomic E-state index is 11.8. The second-order valence-electron chi connectivity index (χ2n) is 9.41. The number of anilines is 2. The fourth-order valence-electron chi connectivity index (χ4n) is 4.55. The molecular formula is C29H32Cl2N6O3. The second kappa shape index (κ2) is 12.6. The van der Waals surface area contributed by atoms with Crippen LogP contribution in [0.2, 0.25) is 10.0 Å². The molecule has 1 saturated heterocycles. The summed E-state index contributed by atoms with van der Waals surface area (Å²) in [6, 6.07) is 7.09. The van der Waals surface area contributed by atoms with E-state index in [1.54, 1.807) is 18.2 Å². The van der Waals surface area contributed by atoms with E-state index < -0.39 is 0 Å². The standard InChI is InChI=1S/C29H32Cl2N6O3/c1-6-23(38)35-19-9-7-8-17(27(19)32)14-33-28-16(2)12-20(36-29(28)34-18-10-11-37(3)15-18)24-25(30)21(39-4)13-22(40-5)26(24)31/h6-9,12-13,18H,1-2,10-11,14-15,32H2,3-5H3,(H,34,36)(H,35,38). The number of hydrogen-bond acceptors (Lipinski definition) is 7. The molecule has 2 heterocycles. The molecule has 0 spiro atoms. The molecule has 2 aliphatic heterocycles. The molecule has 210 valence electrons. The van der Waals surface area contributed by atoms with Gasteiger partial charge in [0.1, 0.15) is 17.2 Å². The van der Waals surface area contributed by atoms with Crippen molar-refractivity contribution in [2.45, 2.75) is 19.0 Å². The molecule has 4 N–H and O–H groups in total. The van der Waals surface area contributed by atoms with E-state index in [2.05, 4.69) is 35.7 Å². The van der Waals surface area contributed by atoms with E-state index in [1.807, 2.05) is 12.1 Å². The van der Waals surface area contributed by atoms with Crippen molar-refractivity contribution in [3.8, 4) is 11.5 Å². The number of ether oxygens (including phenoxy) is 2. The van der Waals surface area contributed by atoms with Gasteiger partial charge in [-0.15, -0.1) is 0 Å². The van der Waals surface area contributed by atoms with Crippen molar-refractivity contribution in [1.29, 1.82) is 0 Å². The summed E-state index contributed by atoms with van der Waals surface area (Å²) in [4.78, 5) is 23.9. The molecule has 1 atom stereocenters. The van der Waals surface area contributed by atoms with Gasteiger partial charge < -0.3 is 30.7 Å². The zero-order valence-electron chi connectivity index (χ0n) is 22.7. The van der Waals surface area contributed by atoms with Gasteiger partial charge in [-0.05, 0) is 49.4 Å². The molecule has 1 unspecified atom stereocenters. The number of nitrogens with two attached hydrogens (primary N) is 1. The van der Waals surface area contributed by atoms with Crippen LogP contribution in [0.15, 0.2) is 65.1 Å². The number of hydrogen-bond donors (Lipinski definition) is 3. The molecule has 0 aliphatic carbocycles. The first-order valence-corrected chi connectivity index (χ1v) is 13.3. The lowest BCUT2D eigenvalue weighted by molar-refractivity contribution is -0.111. The molecule has 1 fully saturated rings. The van der Waals surface area contributed by atoms with E-state index >= 15 is 0 Å². The highest BCUT2D eigenvalue weighted by Gasteiger charge is 2.28. The quantitative estimate of drug-likeness (QED) is 0.299. The van der Waals surface area contributed by atoms with Crippen molar-refractivity contribution in [3.63, 3.8) is 0 Å². The van der Waals surface area contributed by atoms with Crippen molar-refractivity contribution in [2.75, 3.05) is 45.4 Å². The average Bonchev–Trinajstić information content (AvgIpc) is 3.34. The number of likely N-dealkylation sites (tertiary alicyclic amines) is 1. The minimum atomic E-state index is -0.347. The van der Waals surface area contributed by atoms with E-state index in [1.165, 1.54) is 20.3 Å². The third-order valence-corrected chi connectivity index (χ3v) is 7.42. The maximum atomic E-state index is 11.8. The zero-order valence-corrected chi connectivity index (χ0v) is 24.2. The SMILES string of the molecule is C=CC(=O)Nc1cccc(CN=C2C(=C)C=C(c3c(Cl)c(OC)cc(OC)c3Cl)NC2=NC2CCN(C)C2)c1N. The van der Waals surface area contributed by atoms with Gasteiger partial charge in [0.25, 0.3) is 0 Å². The lowest BCUT2D eigenvalue weighted by Crippen LogP contribution is -2.36. The number of benzene rings is 2. The van der Waals surface area contributed by atoms with Crippen LogP contribution in [0.25, 0.3) is 5.70 Å². The van der Waals surface area contributed by atoms with Gasteiger partial charge >= 0.3 is 0 Å². The molecule has 11 heteroatoms. The Labute approximate surface area is 244 Å². The Balaban J connectivity index is 1.76. The van der Waals surface area contributed by atoms with Crippen molar-refractivity contribution in [3.05, 3.63) is 76.3 Å². The highest BCUT2D eigenvalue weighted by molar-refractivity contribution is 6.51. The van der Waals surface area contributed by atoms with Crippen molar-refractivity contribution >= 4 is 57.7 Å². The minimum Gasteiger partial charge on any atom is -0.495 e. The van der Waals surface area contributed by atoms with E-state index in [4.69, 9.17) is 48.4 Å². The third kappa shape index (κ3) is 6.17. The number of amidine groups is 1. The van der Waals surface area contributed by atoms with Crippen LogP contribution in [0.4, 0.5) is 11.4 Å². The molecule has 9 nitrogen and oxygen atoms in total. The van der Waals surface area contributed by atoms with Gasteiger partial charge in [0, 0.05) is 18.2 Å². The molecule has 0 bridgehead atoms. The van der Waals surface area contributed by atoms with Crippen LogP contribution in [0.1, 0.15) is 17.5 Å². The highest BCUT2D eigenvalue weighted by Crippen LogP contribution is 2.44. The summed E-state index contributed by atoms with van der Waals surface area (Å²) in [5, 5.41) is 6.76. The van der Waals surface area contributed by atoms with Crippen LogP contribution in [0.3, 0.4) is 0 Å². The Hall–Kier alpha value is -3.79. The second-order valence-corrected chi connectivity index (χ2v) is 10.2. The van der Waals surface area contributed by atoms with Crippen LogP contribution in [-0.4, -0.2) is 62.8 Å². The Bertz CT molecular complexity index is 1420. The van der Waals surface area contributed by atoms with Crippen LogP contribution < -0.4 is 25.8 Å². The molecule has 0 radical (unpaired) electrons. The number of carbonyl (C=O) groups is 1. The molecule has 40 heavy (non-hydrogen) atoms. The normalized spacial score (nSPS) is 19.4. The fraction of sp³-hybridized carbons (Fsp3) is 0.276. The van der Waals surface area contributed by atoms with E-state index in [0.29, 0.717) is 61.3 Å². The largest absolute Gasteiger partial charge is 0.495 e. The number of rotatable bonds is 8. The Morgan fingerprint density at radius 2 is 1.98 bits per heavy atom. The Morgan fingerprint density at radius 3 is 2.58 bits per heavy atom. The topological polar surface area (TPSA) is 114 Å². The van der Waals surface area contributed by atoms with Crippen LogP contribution >= 0.6 is 23.2 Å². The lowest BCUT2D eigenvalue weighted by Gasteiger charge is -2.25. The van der Waals surface area contributed by atoms with E-state index in [-0.39, 0.29) is 18.5 Å². The number of nitrogen functional groups attached to an aromatic ring is 1. The summed E-state index contributed by atoms with van der Waals surface area (Å²) >= 11 is 13.4. The average molecular weight is 584 g/mol. The first kappa shape index (κ1) is 29.2. The molecule has 2 aromatic rings. The number of para-hydroxylation sites is 1. The van der Waals surface area contributed by atoms with Crippen molar-refractivity contribution in [1.82, 2.24) is 10.2 Å². The molecular weight excluding hydrogens is 551 g/mol. The lowest BCUT2D eigenvalue weighted by atomic mass is 10.00. The number of allylic oxidation sites excluding steroid dienone is 1. The molecule has 2 aromatic carbocycles. The first-order chi connectivity index (χ1) is 19.2. The smallest absolute Gasteiger partial charge is 0.247 e. The summed E-state index contributed by atoms with van der Waals surface area (Å²) in [6.07, 6.45) is 3.91. The number of nitrogens with zero attached hydrogens (tertiary/aromatic N) is 3. The Morgan fingerprint density at radius 1 is 1.27 bits per heavy atom. The molecule has 2 aliphatic rings.